The van der Waals surface area contributed by atoms with Crippen LogP contribution in [0.2, 0.25) is 0 Å². The molecule has 0 aliphatic carbocycles. The molecule has 0 aliphatic rings. The molecule has 0 saturated carbocycles. The van der Waals surface area contributed by atoms with Crippen molar-refractivity contribution in [2.45, 2.75) is 18.8 Å². The van der Waals surface area contributed by atoms with Gasteiger partial charge in [0.25, 0.3) is 0 Å². The van der Waals surface area contributed by atoms with Gasteiger partial charge in [-0.25, -0.2) is 0 Å². The third-order valence-corrected chi connectivity index (χ3v) is 3.89. The molecule has 0 saturated heterocycles. The van der Waals surface area contributed by atoms with Gasteiger partial charge in [-0.15, -0.1) is 0 Å². The van der Waals surface area contributed by atoms with Crippen LogP contribution >= 0.6 is 0 Å². The summed E-state index contributed by atoms with van der Waals surface area (Å²) in [6, 6.07) is 18.0. The predicted octanol–water partition coefficient (Wildman–Crippen LogP) is 3.38. The Labute approximate surface area is 126 Å². The lowest BCUT2D eigenvalue weighted by Gasteiger charge is -2.28. The Bertz CT molecular complexity index is 556. The molecule has 0 heterocycles. The average Bonchev–Trinajstić information content (AvgIpc) is 2.55. The van der Waals surface area contributed by atoms with Crippen molar-refractivity contribution in [1.82, 2.24) is 0 Å². The standard InChI is InChI=1S/C18H23NO2/c1-18(14-19,15-7-4-3-5-8-15)11-12-21-17-10-6-9-16(13-17)20-2/h3-10,13H,11-12,14,19H2,1-2H3. The van der Waals surface area contributed by atoms with Crippen molar-refractivity contribution < 1.29 is 9.47 Å². The highest BCUT2D eigenvalue weighted by Crippen LogP contribution is 2.27. The molecule has 2 aromatic carbocycles. The molecule has 0 bridgehead atoms. The zero-order valence-electron chi connectivity index (χ0n) is 12.7. The van der Waals surface area contributed by atoms with Gasteiger partial charge in [0.05, 0.1) is 13.7 Å². The van der Waals surface area contributed by atoms with Gasteiger partial charge >= 0.3 is 0 Å². The van der Waals surface area contributed by atoms with Gasteiger partial charge in [-0.3, -0.25) is 0 Å². The van der Waals surface area contributed by atoms with Crippen LogP contribution in [0.5, 0.6) is 11.5 Å². The van der Waals surface area contributed by atoms with E-state index in [4.69, 9.17) is 15.2 Å². The van der Waals surface area contributed by atoms with Crippen molar-refractivity contribution in [3.05, 3.63) is 60.2 Å². The summed E-state index contributed by atoms with van der Waals surface area (Å²) in [5.41, 5.74) is 7.17. The Morgan fingerprint density at radius 3 is 2.38 bits per heavy atom. The number of methoxy groups -OCH3 is 1. The molecule has 0 radical (unpaired) electrons. The first-order valence-corrected chi connectivity index (χ1v) is 7.20. The van der Waals surface area contributed by atoms with Gasteiger partial charge in [-0.2, -0.15) is 0 Å². The van der Waals surface area contributed by atoms with Crippen LogP contribution in [0.3, 0.4) is 0 Å². The van der Waals surface area contributed by atoms with Crippen molar-refractivity contribution in [2.75, 3.05) is 20.3 Å². The minimum absolute atomic E-state index is 0.0693. The van der Waals surface area contributed by atoms with E-state index in [0.717, 1.165) is 17.9 Å². The topological polar surface area (TPSA) is 44.5 Å². The zero-order valence-corrected chi connectivity index (χ0v) is 12.7. The molecule has 0 spiro atoms. The fourth-order valence-corrected chi connectivity index (χ4v) is 2.29. The normalized spacial score (nSPS) is 13.5. The van der Waals surface area contributed by atoms with Crippen molar-refractivity contribution in [1.29, 1.82) is 0 Å². The van der Waals surface area contributed by atoms with Gasteiger partial charge in [0.1, 0.15) is 11.5 Å². The van der Waals surface area contributed by atoms with E-state index in [1.54, 1.807) is 7.11 Å². The molecule has 2 aromatic rings. The molecular formula is C18H23NO2. The monoisotopic (exact) mass is 285 g/mol. The third kappa shape index (κ3) is 3.99. The maximum atomic E-state index is 5.99. The molecule has 2 rings (SSSR count). The number of ether oxygens (including phenoxy) is 2. The third-order valence-electron chi connectivity index (χ3n) is 3.89. The molecule has 0 aliphatic heterocycles. The Balaban J connectivity index is 1.97. The summed E-state index contributed by atoms with van der Waals surface area (Å²) in [5.74, 6) is 1.62. The Morgan fingerprint density at radius 2 is 1.71 bits per heavy atom. The van der Waals surface area contributed by atoms with E-state index in [0.29, 0.717) is 13.2 Å². The van der Waals surface area contributed by atoms with Crippen molar-refractivity contribution in [2.24, 2.45) is 5.73 Å². The first-order valence-electron chi connectivity index (χ1n) is 7.20. The lowest BCUT2D eigenvalue weighted by atomic mass is 9.80. The van der Waals surface area contributed by atoms with Crippen LogP contribution in [0.15, 0.2) is 54.6 Å². The van der Waals surface area contributed by atoms with Crippen LogP contribution in [0.4, 0.5) is 0 Å². The Hall–Kier alpha value is -2.00. The fourth-order valence-electron chi connectivity index (χ4n) is 2.29. The second kappa shape index (κ2) is 7.14. The quantitative estimate of drug-likeness (QED) is 0.848. The summed E-state index contributed by atoms with van der Waals surface area (Å²) in [7, 11) is 1.65. The van der Waals surface area contributed by atoms with Gasteiger partial charge in [0, 0.05) is 18.0 Å². The van der Waals surface area contributed by atoms with Crippen molar-refractivity contribution in [3.8, 4) is 11.5 Å². The lowest BCUT2D eigenvalue weighted by Crippen LogP contribution is -2.33. The predicted molar refractivity (Wildman–Crippen MR) is 86.0 cm³/mol. The Morgan fingerprint density at radius 1 is 1.00 bits per heavy atom. The largest absolute Gasteiger partial charge is 0.497 e. The Kier molecular flexibility index (Phi) is 5.23. The summed E-state index contributed by atoms with van der Waals surface area (Å²) in [5, 5.41) is 0. The first-order chi connectivity index (χ1) is 10.2. The number of hydrogen-bond donors (Lipinski definition) is 1. The molecule has 21 heavy (non-hydrogen) atoms. The van der Waals surface area contributed by atoms with E-state index < -0.39 is 0 Å². The minimum atomic E-state index is -0.0693. The summed E-state index contributed by atoms with van der Waals surface area (Å²) < 4.78 is 11.0. The van der Waals surface area contributed by atoms with Crippen LogP contribution in [-0.4, -0.2) is 20.3 Å². The zero-order chi connectivity index (χ0) is 15.1. The number of hydrogen-bond acceptors (Lipinski definition) is 3. The SMILES string of the molecule is COc1cccc(OCCC(C)(CN)c2ccccc2)c1. The van der Waals surface area contributed by atoms with Crippen LogP contribution in [0.1, 0.15) is 18.9 Å². The maximum Gasteiger partial charge on any atom is 0.122 e. The van der Waals surface area contributed by atoms with Gasteiger partial charge in [0.15, 0.2) is 0 Å². The van der Waals surface area contributed by atoms with Gasteiger partial charge in [-0.1, -0.05) is 43.3 Å². The van der Waals surface area contributed by atoms with Gasteiger partial charge in [0.2, 0.25) is 0 Å². The summed E-state index contributed by atoms with van der Waals surface area (Å²) >= 11 is 0. The summed E-state index contributed by atoms with van der Waals surface area (Å²) in [4.78, 5) is 0. The first kappa shape index (κ1) is 15.4. The molecular weight excluding hydrogens is 262 g/mol. The highest BCUT2D eigenvalue weighted by molar-refractivity contribution is 5.33. The van der Waals surface area contributed by atoms with E-state index in [1.807, 2.05) is 42.5 Å². The second-order valence-corrected chi connectivity index (χ2v) is 5.41. The fraction of sp³-hybridized carbons (Fsp3) is 0.333. The van der Waals surface area contributed by atoms with Crippen LogP contribution in [0.25, 0.3) is 0 Å². The summed E-state index contributed by atoms with van der Waals surface area (Å²) in [6.07, 6.45) is 0.866. The van der Waals surface area contributed by atoms with Crippen LogP contribution in [0, 0.1) is 0 Å². The molecule has 0 fully saturated rings. The van der Waals surface area contributed by atoms with Crippen LogP contribution in [-0.2, 0) is 5.41 Å². The second-order valence-electron chi connectivity index (χ2n) is 5.41. The molecule has 1 atom stereocenters. The summed E-state index contributed by atoms with van der Waals surface area (Å²) in [6.45, 7) is 3.39. The number of nitrogens with two attached hydrogens (primary N) is 1. The van der Waals surface area contributed by atoms with E-state index >= 15 is 0 Å². The van der Waals surface area contributed by atoms with Crippen LogP contribution < -0.4 is 15.2 Å². The average molecular weight is 285 g/mol. The van der Waals surface area contributed by atoms with Gasteiger partial charge < -0.3 is 15.2 Å². The van der Waals surface area contributed by atoms with Crippen molar-refractivity contribution >= 4 is 0 Å². The molecule has 1 unspecified atom stereocenters. The highest BCUT2D eigenvalue weighted by atomic mass is 16.5. The molecule has 112 valence electrons. The molecule has 0 aromatic heterocycles. The number of rotatable bonds is 7. The van der Waals surface area contributed by atoms with Crippen molar-refractivity contribution in [3.63, 3.8) is 0 Å². The molecule has 3 nitrogen and oxygen atoms in total. The van der Waals surface area contributed by atoms with Gasteiger partial charge in [-0.05, 0) is 24.1 Å². The van der Waals surface area contributed by atoms with E-state index in [-0.39, 0.29) is 5.41 Å². The number of benzene rings is 2. The lowest BCUT2D eigenvalue weighted by molar-refractivity contribution is 0.265. The van der Waals surface area contributed by atoms with E-state index in [9.17, 15) is 0 Å². The van der Waals surface area contributed by atoms with E-state index in [2.05, 4.69) is 19.1 Å². The smallest absolute Gasteiger partial charge is 0.122 e. The molecule has 0 amide bonds. The van der Waals surface area contributed by atoms with E-state index in [1.165, 1.54) is 5.56 Å². The molecule has 3 heteroatoms. The minimum Gasteiger partial charge on any atom is -0.497 e. The maximum absolute atomic E-state index is 5.99. The highest BCUT2D eigenvalue weighted by Gasteiger charge is 2.24. The molecule has 2 N–H and O–H groups in total.